The fraction of sp³-hybridized carbons (Fsp3) is 0.778. The molecule has 5 heteroatoms. The number of rotatable bonds is 7. The number of hydrogen-bond acceptors (Lipinski definition) is 2. The summed E-state index contributed by atoms with van der Waals surface area (Å²) < 4.78 is 0. The summed E-state index contributed by atoms with van der Waals surface area (Å²) in [7, 11) is 0. The molecule has 0 aromatic carbocycles. The first-order chi connectivity index (χ1) is 5.68. The van der Waals surface area contributed by atoms with Gasteiger partial charge in [-0.2, -0.15) is 6.41 Å². The monoisotopic (exact) mass is 419 g/mol. The van der Waals surface area contributed by atoms with E-state index < -0.39 is 0 Å². The number of unbranched alkanes of at least 4 members (excludes halogenated alkanes) is 1. The van der Waals surface area contributed by atoms with Crippen LogP contribution in [0.3, 0.4) is 0 Å². The number of amides is 1. The van der Waals surface area contributed by atoms with Crippen molar-refractivity contribution in [1.29, 1.82) is 0 Å². The van der Waals surface area contributed by atoms with E-state index in [1.54, 1.807) is 13.3 Å². The number of nitrogens with one attached hydrogen (secondary N) is 1. The van der Waals surface area contributed by atoms with Gasteiger partial charge in [0.05, 0.1) is 0 Å². The van der Waals surface area contributed by atoms with Crippen molar-refractivity contribution in [2.75, 3.05) is 6.54 Å². The van der Waals surface area contributed by atoms with E-state index in [0.717, 1.165) is 19.3 Å². The van der Waals surface area contributed by atoms with Gasteiger partial charge in [0.2, 0.25) is 0 Å². The van der Waals surface area contributed by atoms with Gasteiger partial charge in [0, 0.05) is 45.4 Å². The van der Waals surface area contributed by atoms with E-state index in [1.165, 1.54) is 0 Å². The molecule has 0 saturated heterocycles. The molecular formula is C9H16BNO2U-. The molecule has 1 N–H and O–H groups in total. The molecular weight excluding hydrogens is 403 g/mol. The minimum atomic E-state index is 0. The number of carbonyl (C=O) groups excluding carboxylic acids is 2. The van der Waals surface area contributed by atoms with Crippen LogP contribution in [0.2, 0.25) is 0 Å². The Balaban J connectivity index is -0.000000605. The van der Waals surface area contributed by atoms with Gasteiger partial charge in [-0.05, 0) is 26.3 Å². The Morgan fingerprint density at radius 1 is 1.43 bits per heavy atom. The van der Waals surface area contributed by atoms with Crippen molar-refractivity contribution in [3.8, 4) is 0 Å². The minimum absolute atomic E-state index is 0. The molecule has 0 rings (SSSR count). The van der Waals surface area contributed by atoms with Crippen LogP contribution < -0.4 is 5.32 Å². The van der Waals surface area contributed by atoms with Crippen LogP contribution in [0.15, 0.2) is 0 Å². The van der Waals surface area contributed by atoms with Gasteiger partial charge in [0.1, 0.15) is 5.78 Å². The molecule has 1 amide bonds. The summed E-state index contributed by atoms with van der Waals surface area (Å²) in [6.45, 7) is 4.21. The second kappa shape index (κ2) is 13.3. The molecule has 0 fully saturated rings. The number of carbonyl (C=O) groups is 1. The van der Waals surface area contributed by atoms with Crippen LogP contribution in [0, 0.1) is 37.0 Å². The first-order valence-corrected chi connectivity index (χ1v) is 4.29. The molecule has 14 heavy (non-hydrogen) atoms. The fourth-order valence-electron chi connectivity index (χ4n) is 0.918. The summed E-state index contributed by atoms with van der Waals surface area (Å²) >= 11 is 0. The minimum Gasteiger partial charge on any atom is -0.530 e. The maximum atomic E-state index is 10.8. The SMILES string of the molecule is CC(=O)[C@@H](C)CCCCN[C-]=O.[B].[U]. The molecule has 77 valence electrons. The van der Waals surface area contributed by atoms with Crippen LogP contribution in [-0.4, -0.2) is 27.2 Å². The van der Waals surface area contributed by atoms with Gasteiger partial charge >= 0.3 is 0 Å². The third-order valence-corrected chi connectivity index (χ3v) is 1.96. The number of ketones is 1. The van der Waals surface area contributed by atoms with E-state index in [-0.39, 0.29) is 51.2 Å². The predicted molar refractivity (Wildman–Crippen MR) is 53.1 cm³/mol. The van der Waals surface area contributed by atoms with Crippen molar-refractivity contribution in [3.05, 3.63) is 0 Å². The molecule has 0 unspecified atom stereocenters. The van der Waals surface area contributed by atoms with Crippen molar-refractivity contribution in [2.45, 2.75) is 33.1 Å². The van der Waals surface area contributed by atoms with Crippen LogP contribution in [0.1, 0.15) is 33.1 Å². The Bertz CT molecular complexity index is 156. The fourth-order valence-corrected chi connectivity index (χ4v) is 0.918. The average molecular weight is 419 g/mol. The van der Waals surface area contributed by atoms with Gasteiger partial charge in [-0.25, -0.2) is 0 Å². The second-order valence-electron chi connectivity index (χ2n) is 3.04. The summed E-state index contributed by atoms with van der Waals surface area (Å²) in [6, 6.07) is 0. The Labute approximate surface area is 112 Å². The Morgan fingerprint density at radius 3 is 2.43 bits per heavy atom. The van der Waals surface area contributed by atoms with Crippen LogP contribution in [0.4, 0.5) is 0 Å². The molecule has 0 saturated carbocycles. The summed E-state index contributed by atoms with van der Waals surface area (Å²) in [6.07, 6.45) is 4.43. The molecule has 0 aromatic rings. The molecule has 3 radical (unpaired) electrons. The number of Topliss-reactive ketones (excluding diaryl/α,β-unsaturated/α-hetero) is 1. The zero-order valence-corrected chi connectivity index (χ0v) is 13.0. The first kappa shape index (κ1) is 19.8. The third kappa shape index (κ3) is 12.3. The van der Waals surface area contributed by atoms with E-state index in [9.17, 15) is 9.59 Å². The van der Waals surface area contributed by atoms with E-state index in [4.69, 9.17) is 0 Å². The van der Waals surface area contributed by atoms with E-state index >= 15 is 0 Å². The van der Waals surface area contributed by atoms with Gasteiger partial charge < -0.3 is 10.1 Å². The van der Waals surface area contributed by atoms with E-state index in [1.807, 2.05) is 6.92 Å². The summed E-state index contributed by atoms with van der Waals surface area (Å²) in [5.74, 6) is 0.398. The van der Waals surface area contributed by atoms with Gasteiger partial charge in [-0.3, -0.25) is 4.79 Å². The van der Waals surface area contributed by atoms with Gasteiger partial charge in [0.25, 0.3) is 0 Å². The molecule has 0 aromatic heterocycles. The standard InChI is InChI=1S/C9H16NO2.B.U/c1-8(9(2)12)5-3-4-6-10-7-11;;/h8H,3-6H2,1-2H3,(H,10,11);;/q-1;;/t8-;;/m0../s1. The molecule has 3 nitrogen and oxygen atoms in total. The maximum absolute atomic E-state index is 10.8. The smallest absolute Gasteiger partial charge is 0.132 e. The van der Waals surface area contributed by atoms with Crippen molar-refractivity contribution < 1.29 is 40.7 Å². The van der Waals surface area contributed by atoms with Crippen LogP contribution in [0.5, 0.6) is 0 Å². The van der Waals surface area contributed by atoms with Gasteiger partial charge in [0.15, 0.2) is 0 Å². The third-order valence-electron chi connectivity index (χ3n) is 1.96. The Hall–Kier alpha value is 0.257. The van der Waals surface area contributed by atoms with Crippen molar-refractivity contribution in [1.82, 2.24) is 5.32 Å². The molecule has 0 aliphatic heterocycles. The molecule has 1 atom stereocenters. The zero-order chi connectivity index (χ0) is 9.40. The normalized spacial score (nSPS) is 10.4. The summed E-state index contributed by atoms with van der Waals surface area (Å²) in [4.78, 5) is 20.5. The molecule has 0 aliphatic carbocycles. The topological polar surface area (TPSA) is 46.2 Å². The van der Waals surface area contributed by atoms with Crippen molar-refractivity contribution in [2.24, 2.45) is 5.92 Å². The van der Waals surface area contributed by atoms with Crippen LogP contribution in [0.25, 0.3) is 0 Å². The maximum Gasteiger partial charge on any atom is 0.132 e. The average Bonchev–Trinajstić information content (AvgIpc) is 2.03. The predicted octanol–water partition coefficient (Wildman–Crippen LogP) is 0.658. The van der Waals surface area contributed by atoms with Crippen LogP contribution >= 0.6 is 0 Å². The zero-order valence-electron chi connectivity index (χ0n) is 8.80. The van der Waals surface area contributed by atoms with Crippen molar-refractivity contribution >= 4 is 20.6 Å². The van der Waals surface area contributed by atoms with E-state index in [2.05, 4.69) is 5.32 Å². The molecule has 0 spiro atoms. The summed E-state index contributed by atoms with van der Waals surface area (Å²) in [5, 5.41) is 2.46. The Kier molecular flexibility index (Phi) is 18.7. The Morgan fingerprint density at radius 2 is 2.00 bits per heavy atom. The van der Waals surface area contributed by atoms with Gasteiger partial charge in [-0.1, -0.05) is 13.3 Å². The van der Waals surface area contributed by atoms with Crippen molar-refractivity contribution in [3.63, 3.8) is 0 Å². The summed E-state index contributed by atoms with van der Waals surface area (Å²) in [5.41, 5.74) is 0. The van der Waals surface area contributed by atoms with E-state index in [0.29, 0.717) is 6.54 Å². The first-order valence-electron chi connectivity index (χ1n) is 4.29. The molecule has 0 heterocycles. The van der Waals surface area contributed by atoms with Gasteiger partial charge in [-0.15, -0.1) is 0 Å². The molecule has 0 aliphatic rings. The molecule has 0 bridgehead atoms. The second-order valence-corrected chi connectivity index (χ2v) is 3.04. The largest absolute Gasteiger partial charge is 0.530 e. The number of hydrogen-bond donors (Lipinski definition) is 1. The quantitative estimate of drug-likeness (QED) is 0.286. The van der Waals surface area contributed by atoms with Crippen LogP contribution in [-0.2, 0) is 9.59 Å².